The molecule has 200 valence electrons. The van der Waals surface area contributed by atoms with Crippen LogP contribution >= 0.6 is 0 Å². The number of nitrogens with two attached hydrogens (primary N) is 5. The van der Waals surface area contributed by atoms with Gasteiger partial charge >= 0.3 is 12.2 Å². The molecule has 0 spiro atoms. The first kappa shape index (κ1) is 33.5. The van der Waals surface area contributed by atoms with Gasteiger partial charge in [-0.2, -0.15) is 0 Å². The normalized spacial score (nSPS) is 12.1. The smallest absolute Gasteiger partial charge is 0.410 e. The molecule has 0 aliphatic carbocycles. The predicted octanol–water partition coefficient (Wildman–Crippen LogP) is -0.508. The molecule has 0 aliphatic rings. The van der Waals surface area contributed by atoms with E-state index in [4.69, 9.17) is 38.1 Å². The number of ether oxygens (including phenoxy) is 2. The molecule has 0 rings (SSSR count). The van der Waals surface area contributed by atoms with Crippen LogP contribution in [0, 0.1) is 0 Å². The fourth-order valence-corrected chi connectivity index (χ4v) is 2.90. The lowest BCUT2D eigenvalue weighted by Crippen LogP contribution is -2.47. The number of carbonyl (C=O) groups excluding carboxylic acids is 4. The number of rotatable bonds is 19. The minimum Gasteiger partial charge on any atom is -0.448 e. The van der Waals surface area contributed by atoms with E-state index in [2.05, 4.69) is 5.32 Å². The molecular weight excluding hydrogens is 446 g/mol. The van der Waals surface area contributed by atoms with E-state index in [1.807, 2.05) is 0 Å². The Labute approximate surface area is 202 Å². The maximum atomic E-state index is 12.6. The van der Waals surface area contributed by atoms with Crippen LogP contribution in [-0.4, -0.2) is 80.4 Å². The molecule has 0 aromatic carbocycles. The van der Waals surface area contributed by atoms with E-state index in [1.165, 1.54) is 4.90 Å². The number of hydrogen-bond acceptors (Lipinski definition) is 9. The fraction of sp³-hybridized carbons (Fsp3) is 0.810. The summed E-state index contributed by atoms with van der Waals surface area (Å²) in [4.78, 5) is 48.2. The molecule has 34 heavy (non-hydrogen) atoms. The Morgan fingerprint density at radius 3 is 2.09 bits per heavy atom. The third kappa shape index (κ3) is 18.9. The molecule has 0 saturated carbocycles. The van der Waals surface area contributed by atoms with Crippen LogP contribution in [0.15, 0.2) is 0 Å². The Morgan fingerprint density at radius 2 is 1.50 bits per heavy atom. The summed E-state index contributed by atoms with van der Waals surface area (Å²) in [6.07, 6.45) is 2.95. The number of primary amides is 2. The van der Waals surface area contributed by atoms with Crippen molar-refractivity contribution in [2.24, 2.45) is 28.7 Å². The van der Waals surface area contributed by atoms with Crippen LogP contribution in [0.5, 0.6) is 0 Å². The molecule has 0 bridgehead atoms. The largest absolute Gasteiger partial charge is 0.448 e. The monoisotopic (exact) mass is 491 g/mol. The molecule has 4 amide bonds. The van der Waals surface area contributed by atoms with Gasteiger partial charge in [-0.3, -0.25) is 14.5 Å². The number of hydrogen-bond donors (Lipinski definition) is 6. The van der Waals surface area contributed by atoms with Gasteiger partial charge in [0.15, 0.2) is 0 Å². The molecule has 13 heteroatoms. The maximum Gasteiger partial charge on any atom is 0.410 e. The summed E-state index contributed by atoms with van der Waals surface area (Å²) in [6, 6.07) is -1.01. The van der Waals surface area contributed by atoms with Crippen molar-refractivity contribution in [3.05, 3.63) is 0 Å². The SMILES string of the molecule is C.NCCCCCN(CC(=O)N[C@@H](CCCCN)COC(N)=O)C(=O)OC[C@H](N)CCC(N)=O. The molecule has 13 nitrogen and oxygen atoms in total. The Hall–Kier alpha value is -2.64. The first-order chi connectivity index (χ1) is 15.7. The second kappa shape index (κ2) is 20.9. The summed E-state index contributed by atoms with van der Waals surface area (Å²) >= 11 is 0. The molecule has 11 N–H and O–H groups in total. The van der Waals surface area contributed by atoms with E-state index < -0.39 is 36.1 Å². The molecule has 0 saturated heterocycles. The highest BCUT2D eigenvalue weighted by Crippen LogP contribution is 2.05. The van der Waals surface area contributed by atoms with Crippen molar-refractivity contribution >= 4 is 24.0 Å². The van der Waals surface area contributed by atoms with Crippen LogP contribution in [0.2, 0.25) is 0 Å². The van der Waals surface area contributed by atoms with E-state index in [0.29, 0.717) is 32.5 Å². The van der Waals surface area contributed by atoms with E-state index >= 15 is 0 Å². The van der Waals surface area contributed by atoms with Gasteiger partial charge in [0.2, 0.25) is 11.8 Å². The summed E-state index contributed by atoms with van der Waals surface area (Å²) < 4.78 is 10.0. The fourth-order valence-electron chi connectivity index (χ4n) is 2.90. The van der Waals surface area contributed by atoms with Crippen molar-refractivity contribution in [2.75, 3.05) is 39.4 Å². The summed E-state index contributed by atoms with van der Waals surface area (Å²) in [5, 5.41) is 2.76. The minimum atomic E-state index is -0.939. The summed E-state index contributed by atoms with van der Waals surface area (Å²) in [5.41, 5.74) is 26.9. The molecule has 0 fully saturated rings. The summed E-state index contributed by atoms with van der Waals surface area (Å²) in [5.74, 6) is -0.925. The molecule has 0 radical (unpaired) electrons. The zero-order chi connectivity index (χ0) is 25.1. The van der Waals surface area contributed by atoms with Gasteiger partial charge in [-0.15, -0.1) is 0 Å². The lowest BCUT2D eigenvalue weighted by Gasteiger charge is -2.24. The predicted molar refractivity (Wildman–Crippen MR) is 129 cm³/mol. The Kier molecular flexibility index (Phi) is 20.6. The van der Waals surface area contributed by atoms with Crippen molar-refractivity contribution in [3.8, 4) is 0 Å². The van der Waals surface area contributed by atoms with Gasteiger partial charge in [0, 0.05) is 19.0 Å². The van der Waals surface area contributed by atoms with Crippen LogP contribution < -0.4 is 34.0 Å². The molecule has 2 atom stereocenters. The van der Waals surface area contributed by atoms with Crippen molar-refractivity contribution in [2.45, 2.75) is 70.9 Å². The average molecular weight is 492 g/mol. The zero-order valence-electron chi connectivity index (χ0n) is 19.3. The van der Waals surface area contributed by atoms with Crippen LogP contribution in [-0.2, 0) is 19.1 Å². The first-order valence-corrected chi connectivity index (χ1v) is 11.3. The molecule has 0 unspecified atom stereocenters. The van der Waals surface area contributed by atoms with Crippen LogP contribution in [0.25, 0.3) is 0 Å². The second-order valence-corrected chi connectivity index (χ2v) is 7.79. The topological polar surface area (TPSA) is 232 Å². The van der Waals surface area contributed by atoms with Gasteiger partial charge in [-0.25, -0.2) is 9.59 Å². The van der Waals surface area contributed by atoms with Crippen LogP contribution in [0.3, 0.4) is 0 Å². The third-order valence-electron chi connectivity index (χ3n) is 4.71. The number of nitrogens with zero attached hydrogens (tertiary/aromatic N) is 1. The standard InChI is InChI=1S/C20H41N7O6.CH4/c21-9-3-1-5-11-27(20(31)33-13-15(23)7-8-17(24)28)12-18(29)26-16(6-2-4-10-22)14-32-19(25)30;/h15-16H,1-14,21-23H2,(H2,24,28)(H2,25,30)(H,26,29);1H4/t15-,16+;/m1./s1. The lowest BCUT2D eigenvalue weighted by molar-refractivity contribution is -0.123. The van der Waals surface area contributed by atoms with Crippen molar-refractivity contribution in [3.63, 3.8) is 0 Å². The molecule has 0 aromatic rings. The van der Waals surface area contributed by atoms with Gasteiger partial charge in [-0.1, -0.05) is 20.3 Å². The minimum absolute atomic E-state index is 0. The molecule has 0 heterocycles. The molecule has 0 aliphatic heterocycles. The quantitative estimate of drug-likeness (QED) is 0.127. The highest BCUT2D eigenvalue weighted by molar-refractivity contribution is 5.82. The van der Waals surface area contributed by atoms with Crippen LogP contribution in [0.4, 0.5) is 9.59 Å². The van der Waals surface area contributed by atoms with Crippen molar-refractivity contribution < 1.29 is 28.7 Å². The number of amides is 4. The first-order valence-electron chi connectivity index (χ1n) is 11.3. The Morgan fingerprint density at radius 1 is 0.853 bits per heavy atom. The number of carbonyl (C=O) groups is 4. The van der Waals surface area contributed by atoms with E-state index in [9.17, 15) is 19.2 Å². The van der Waals surface area contributed by atoms with Gasteiger partial charge in [0.05, 0.1) is 6.04 Å². The van der Waals surface area contributed by atoms with Gasteiger partial charge in [0.1, 0.15) is 19.8 Å². The Bertz CT molecular complexity index is 594. The third-order valence-corrected chi connectivity index (χ3v) is 4.71. The highest BCUT2D eigenvalue weighted by Gasteiger charge is 2.22. The lowest BCUT2D eigenvalue weighted by atomic mass is 10.1. The Balaban J connectivity index is 0. The average Bonchev–Trinajstić information content (AvgIpc) is 2.76. The zero-order valence-corrected chi connectivity index (χ0v) is 19.3. The number of nitrogens with one attached hydrogen (secondary N) is 1. The van der Waals surface area contributed by atoms with Gasteiger partial charge < -0.3 is 43.5 Å². The highest BCUT2D eigenvalue weighted by atomic mass is 16.6. The van der Waals surface area contributed by atoms with E-state index in [1.54, 1.807) is 0 Å². The maximum absolute atomic E-state index is 12.6. The van der Waals surface area contributed by atoms with Crippen molar-refractivity contribution in [1.29, 1.82) is 0 Å². The van der Waals surface area contributed by atoms with E-state index in [0.717, 1.165) is 25.7 Å². The summed E-state index contributed by atoms with van der Waals surface area (Å²) in [7, 11) is 0. The van der Waals surface area contributed by atoms with E-state index in [-0.39, 0.29) is 40.0 Å². The van der Waals surface area contributed by atoms with Crippen LogP contribution in [0.1, 0.15) is 58.8 Å². The van der Waals surface area contributed by atoms with Gasteiger partial charge in [-0.05, 0) is 45.2 Å². The number of unbranched alkanes of at least 4 members (excludes halogenated alkanes) is 3. The molecule has 0 aromatic heterocycles. The molecular formula is C21H45N7O6. The summed E-state index contributed by atoms with van der Waals surface area (Å²) in [6.45, 7) is 0.883. The second-order valence-electron chi connectivity index (χ2n) is 7.79. The van der Waals surface area contributed by atoms with Gasteiger partial charge in [0.25, 0.3) is 0 Å². The van der Waals surface area contributed by atoms with Crippen molar-refractivity contribution in [1.82, 2.24) is 10.2 Å².